The Morgan fingerprint density at radius 3 is 2.72 bits per heavy atom. The fraction of sp³-hybridized carbons (Fsp3) is 0.227. The molecule has 1 amide bonds. The number of methoxy groups -OCH3 is 1. The Labute approximate surface area is 167 Å². The molecular formula is C22H20N2O5. The number of aromatic nitrogens is 1. The van der Waals surface area contributed by atoms with E-state index < -0.39 is 5.97 Å². The van der Waals surface area contributed by atoms with Gasteiger partial charge in [0.05, 0.1) is 24.8 Å². The molecule has 3 aromatic rings. The number of anilines is 1. The first kappa shape index (κ1) is 18.7. The third-order valence-electron chi connectivity index (χ3n) is 4.67. The van der Waals surface area contributed by atoms with Gasteiger partial charge in [-0.25, -0.2) is 4.79 Å². The number of esters is 1. The van der Waals surface area contributed by atoms with E-state index in [1.807, 2.05) is 25.1 Å². The summed E-state index contributed by atoms with van der Waals surface area (Å²) in [6, 6.07) is 14.1. The maximum absolute atomic E-state index is 12.3. The molecule has 0 saturated carbocycles. The number of hydrogen-bond donors (Lipinski definition) is 1. The van der Waals surface area contributed by atoms with Crippen LogP contribution in [0.5, 0.6) is 5.75 Å². The van der Waals surface area contributed by atoms with Crippen LogP contribution < -0.4 is 10.1 Å². The first-order valence-corrected chi connectivity index (χ1v) is 9.25. The topological polar surface area (TPSA) is 90.7 Å². The molecule has 1 atom stereocenters. The molecule has 0 aliphatic carbocycles. The molecule has 2 aromatic carbocycles. The SMILES string of the molecule is COC(=O)c1ccc(NC(=O)Cc2cc(-c3ccc4c(c3)CC(C)O4)on2)cc1. The molecule has 0 spiro atoms. The van der Waals surface area contributed by atoms with Crippen molar-refractivity contribution in [2.75, 3.05) is 12.4 Å². The lowest BCUT2D eigenvalue weighted by molar-refractivity contribution is -0.115. The number of amides is 1. The standard InChI is InChI=1S/C22H20N2O5/c1-13-9-16-10-15(5-8-19(16)28-13)20-11-18(24-29-20)12-21(25)23-17-6-3-14(4-7-17)22(26)27-2/h3-8,10-11,13H,9,12H2,1-2H3,(H,23,25). The van der Waals surface area contributed by atoms with E-state index in [0.717, 1.165) is 23.3 Å². The van der Waals surface area contributed by atoms with Gasteiger partial charge in [-0.1, -0.05) is 5.16 Å². The van der Waals surface area contributed by atoms with Crippen molar-refractivity contribution in [3.63, 3.8) is 0 Å². The van der Waals surface area contributed by atoms with Crippen molar-refractivity contribution < 1.29 is 23.6 Å². The maximum atomic E-state index is 12.3. The van der Waals surface area contributed by atoms with Gasteiger partial charge in [0.25, 0.3) is 0 Å². The van der Waals surface area contributed by atoms with Gasteiger partial charge in [0.15, 0.2) is 5.76 Å². The quantitative estimate of drug-likeness (QED) is 0.667. The lowest BCUT2D eigenvalue weighted by Gasteiger charge is -2.05. The second-order valence-electron chi connectivity index (χ2n) is 6.93. The molecule has 0 fully saturated rings. The van der Waals surface area contributed by atoms with Crippen molar-refractivity contribution >= 4 is 17.6 Å². The summed E-state index contributed by atoms with van der Waals surface area (Å²) in [4.78, 5) is 23.7. The van der Waals surface area contributed by atoms with Crippen molar-refractivity contribution in [2.45, 2.75) is 25.9 Å². The molecule has 0 radical (unpaired) electrons. The highest BCUT2D eigenvalue weighted by Crippen LogP contribution is 2.33. The Hall–Kier alpha value is -3.61. The van der Waals surface area contributed by atoms with E-state index in [-0.39, 0.29) is 18.4 Å². The number of rotatable bonds is 5. The molecule has 0 saturated heterocycles. The van der Waals surface area contributed by atoms with E-state index in [9.17, 15) is 9.59 Å². The molecule has 1 unspecified atom stereocenters. The zero-order valence-corrected chi connectivity index (χ0v) is 16.1. The van der Waals surface area contributed by atoms with E-state index in [0.29, 0.717) is 22.7 Å². The molecule has 1 aromatic heterocycles. The van der Waals surface area contributed by atoms with Crippen LogP contribution in [0.1, 0.15) is 28.5 Å². The van der Waals surface area contributed by atoms with Crippen molar-refractivity contribution in [1.82, 2.24) is 5.16 Å². The van der Waals surface area contributed by atoms with E-state index in [1.54, 1.807) is 30.3 Å². The first-order chi connectivity index (χ1) is 14.0. The molecule has 1 aliphatic rings. The molecule has 2 heterocycles. The minimum Gasteiger partial charge on any atom is -0.490 e. The van der Waals surface area contributed by atoms with Crippen molar-refractivity contribution in [3.8, 4) is 17.1 Å². The van der Waals surface area contributed by atoms with Gasteiger partial charge in [-0.3, -0.25) is 4.79 Å². The largest absolute Gasteiger partial charge is 0.490 e. The number of fused-ring (bicyclic) bond motifs is 1. The normalized spacial score (nSPS) is 14.8. The maximum Gasteiger partial charge on any atom is 0.337 e. The van der Waals surface area contributed by atoms with Gasteiger partial charge in [0, 0.05) is 23.7 Å². The number of carbonyl (C=O) groups excluding carboxylic acids is 2. The summed E-state index contributed by atoms with van der Waals surface area (Å²) in [5.74, 6) is 0.855. The van der Waals surface area contributed by atoms with Crippen molar-refractivity contribution in [3.05, 3.63) is 65.4 Å². The lowest BCUT2D eigenvalue weighted by Crippen LogP contribution is -2.14. The van der Waals surface area contributed by atoms with Crippen LogP contribution in [0.2, 0.25) is 0 Å². The number of ether oxygens (including phenoxy) is 2. The predicted molar refractivity (Wildman–Crippen MR) is 106 cm³/mol. The summed E-state index contributed by atoms with van der Waals surface area (Å²) in [7, 11) is 1.32. The summed E-state index contributed by atoms with van der Waals surface area (Å²) in [6.07, 6.45) is 1.12. The van der Waals surface area contributed by atoms with Gasteiger partial charge >= 0.3 is 5.97 Å². The number of benzene rings is 2. The summed E-state index contributed by atoms with van der Waals surface area (Å²) in [6.45, 7) is 2.04. The van der Waals surface area contributed by atoms with Gasteiger partial charge in [-0.05, 0) is 55.0 Å². The molecule has 29 heavy (non-hydrogen) atoms. The van der Waals surface area contributed by atoms with Gasteiger partial charge in [0.1, 0.15) is 11.9 Å². The Morgan fingerprint density at radius 2 is 1.97 bits per heavy atom. The summed E-state index contributed by atoms with van der Waals surface area (Å²) >= 11 is 0. The number of carbonyl (C=O) groups is 2. The van der Waals surface area contributed by atoms with Gasteiger partial charge in [-0.2, -0.15) is 0 Å². The van der Waals surface area contributed by atoms with Crippen LogP contribution in [0.3, 0.4) is 0 Å². The van der Waals surface area contributed by atoms with Crippen LogP contribution in [0.15, 0.2) is 53.1 Å². The highest BCUT2D eigenvalue weighted by molar-refractivity contribution is 5.93. The van der Waals surface area contributed by atoms with E-state index in [1.165, 1.54) is 7.11 Å². The zero-order valence-electron chi connectivity index (χ0n) is 16.1. The summed E-state index contributed by atoms with van der Waals surface area (Å²) in [5.41, 5.74) is 3.58. The van der Waals surface area contributed by atoms with E-state index in [2.05, 4.69) is 15.2 Å². The first-order valence-electron chi connectivity index (χ1n) is 9.25. The molecule has 7 nitrogen and oxygen atoms in total. The fourth-order valence-corrected chi connectivity index (χ4v) is 3.28. The average Bonchev–Trinajstić information content (AvgIpc) is 3.32. The smallest absolute Gasteiger partial charge is 0.337 e. The van der Waals surface area contributed by atoms with Crippen molar-refractivity contribution in [2.24, 2.45) is 0 Å². The Bertz CT molecular complexity index is 1060. The average molecular weight is 392 g/mol. The number of nitrogens with zero attached hydrogens (tertiary/aromatic N) is 1. The minimum atomic E-state index is -0.425. The summed E-state index contributed by atoms with van der Waals surface area (Å²) in [5, 5.41) is 6.78. The Morgan fingerprint density at radius 1 is 1.17 bits per heavy atom. The van der Waals surface area contributed by atoms with Crippen LogP contribution in [0.4, 0.5) is 5.69 Å². The van der Waals surface area contributed by atoms with Crippen LogP contribution in [-0.4, -0.2) is 30.2 Å². The third kappa shape index (κ3) is 4.13. The minimum absolute atomic E-state index is 0.0767. The zero-order chi connectivity index (χ0) is 20.4. The Balaban J connectivity index is 1.39. The fourth-order valence-electron chi connectivity index (χ4n) is 3.28. The Kier molecular flexibility index (Phi) is 5.03. The molecular weight excluding hydrogens is 372 g/mol. The number of nitrogens with one attached hydrogen (secondary N) is 1. The van der Waals surface area contributed by atoms with Crippen molar-refractivity contribution in [1.29, 1.82) is 0 Å². The van der Waals surface area contributed by atoms with Crippen LogP contribution >= 0.6 is 0 Å². The molecule has 4 rings (SSSR count). The molecule has 0 bridgehead atoms. The third-order valence-corrected chi connectivity index (χ3v) is 4.67. The number of hydrogen-bond acceptors (Lipinski definition) is 6. The van der Waals surface area contributed by atoms with Crippen LogP contribution in [0, 0.1) is 0 Å². The summed E-state index contributed by atoms with van der Waals surface area (Å²) < 4.78 is 15.8. The van der Waals surface area contributed by atoms with E-state index in [4.69, 9.17) is 9.26 Å². The second-order valence-corrected chi connectivity index (χ2v) is 6.93. The van der Waals surface area contributed by atoms with Gasteiger partial charge in [0.2, 0.25) is 5.91 Å². The monoisotopic (exact) mass is 392 g/mol. The van der Waals surface area contributed by atoms with Crippen LogP contribution in [-0.2, 0) is 22.4 Å². The van der Waals surface area contributed by atoms with Crippen LogP contribution in [0.25, 0.3) is 11.3 Å². The highest BCUT2D eigenvalue weighted by atomic mass is 16.5. The van der Waals surface area contributed by atoms with Gasteiger partial charge < -0.3 is 19.3 Å². The predicted octanol–water partition coefficient (Wildman–Crippen LogP) is 3.63. The molecule has 148 valence electrons. The highest BCUT2D eigenvalue weighted by Gasteiger charge is 2.20. The molecule has 7 heteroatoms. The van der Waals surface area contributed by atoms with E-state index >= 15 is 0 Å². The molecule has 1 N–H and O–H groups in total. The van der Waals surface area contributed by atoms with Gasteiger partial charge in [-0.15, -0.1) is 0 Å². The molecule has 1 aliphatic heterocycles. The second kappa shape index (κ2) is 7.79. The lowest BCUT2D eigenvalue weighted by atomic mass is 10.1.